The van der Waals surface area contributed by atoms with Crippen molar-refractivity contribution >= 4 is 24.2 Å². The number of hydrogen-bond acceptors (Lipinski definition) is 3. The van der Waals surface area contributed by atoms with Crippen LogP contribution in [0.2, 0.25) is 0 Å². The fraction of sp³-hybridized carbons (Fsp3) is 0.846. The fourth-order valence-electron chi connectivity index (χ4n) is 2.21. The molecule has 2 unspecified atom stereocenters. The van der Waals surface area contributed by atoms with E-state index in [-0.39, 0.29) is 36.2 Å². The molecule has 6 heteroatoms. The molecule has 2 atom stereocenters. The Labute approximate surface area is 121 Å². The lowest BCUT2D eigenvalue weighted by Crippen LogP contribution is -2.59. The van der Waals surface area contributed by atoms with Crippen molar-refractivity contribution < 1.29 is 9.59 Å². The SMILES string of the molecule is CC(=O)N1CCCC1C(=O)NC(C)(CN)C(C)C.Cl. The van der Waals surface area contributed by atoms with Crippen molar-refractivity contribution in [3.8, 4) is 0 Å². The van der Waals surface area contributed by atoms with E-state index in [9.17, 15) is 9.59 Å². The van der Waals surface area contributed by atoms with Crippen LogP contribution in [0.4, 0.5) is 0 Å². The molecule has 0 aromatic carbocycles. The number of nitrogens with two attached hydrogens (primary N) is 1. The van der Waals surface area contributed by atoms with Gasteiger partial charge in [0.1, 0.15) is 6.04 Å². The quantitative estimate of drug-likeness (QED) is 0.808. The average Bonchev–Trinajstić information content (AvgIpc) is 2.77. The first-order valence-corrected chi connectivity index (χ1v) is 6.61. The molecule has 1 aliphatic rings. The summed E-state index contributed by atoms with van der Waals surface area (Å²) in [5, 5.41) is 3.01. The lowest BCUT2D eigenvalue weighted by Gasteiger charge is -2.35. The molecule has 1 rings (SSSR count). The summed E-state index contributed by atoms with van der Waals surface area (Å²) >= 11 is 0. The summed E-state index contributed by atoms with van der Waals surface area (Å²) in [4.78, 5) is 25.4. The van der Waals surface area contributed by atoms with Crippen LogP contribution in [-0.2, 0) is 9.59 Å². The van der Waals surface area contributed by atoms with Gasteiger partial charge in [0, 0.05) is 20.0 Å². The van der Waals surface area contributed by atoms with E-state index >= 15 is 0 Å². The van der Waals surface area contributed by atoms with E-state index in [4.69, 9.17) is 5.73 Å². The zero-order chi connectivity index (χ0) is 13.9. The highest BCUT2D eigenvalue weighted by Crippen LogP contribution is 2.20. The molecule has 0 saturated carbocycles. The van der Waals surface area contributed by atoms with E-state index in [1.807, 2.05) is 20.8 Å². The fourth-order valence-corrected chi connectivity index (χ4v) is 2.21. The van der Waals surface area contributed by atoms with Crippen molar-refractivity contribution in [2.24, 2.45) is 11.7 Å². The van der Waals surface area contributed by atoms with E-state index in [0.717, 1.165) is 12.8 Å². The van der Waals surface area contributed by atoms with Gasteiger partial charge in [0.25, 0.3) is 0 Å². The highest BCUT2D eigenvalue weighted by molar-refractivity contribution is 5.87. The first-order chi connectivity index (χ1) is 8.31. The van der Waals surface area contributed by atoms with Crippen molar-refractivity contribution in [1.82, 2.24) is 10.2 Å². The second-order valence-electron chi connectivity index (χ2n) is 5.64. The molecule has 0 spiro atoms. The highest BCUT2D eigenvalue weighted by Gasteiger charge is 2.36. The van der Waals surface area contributed by atoms with E-state index < -0.39 is 5.54 Å². The van der Waals surface area contributed by atoms with E-state index in [1.165, 1.54) is 6.92 Å². The van der Waals surface area contributed by atoms with Crippen LogP contribution in [0.5, 0.6) is 0 Å². The Morgan fingerprint density at radius 2 is 2.05 bits per heavy atom. The van der Waals surface area contributed by atoms with Gasteiger partial charge in [0.15, 0.2) is 0 Å². The Bertz CT molecular complexity index is 336. The molecule has 0 aliphatic carbocycles. The summed E-state index contributed by atoms with van der Waals surface area (Å²) in [5.41, 5.74) is 5.34. The maximum atomic E-state index is 12.3. The van der Waals surface area contributed by atoms with Crippen LogP contribution in [0.15, 0.2) is 0 Å². The minimum atomic E-state index is -0.415. The maximum Gasteiger partial charge on any atom is 0.243 e. The molecule has 0 aromatic heterocycles. The second kappa shape index (κ2) is 7.10. The Balaban J connectivity index is 0.00000324. The average molecular weight is 292 g/mol. The number of likely N-dealkylation sites (tertiary alicyclic amines) is 1. The molecule has 1 aliphatic heterocycles. The van der Waals surface area contributed by atoms with Gasteiger partial charge in [-0.1, -0.05) is 13.8 Å². The summed E-state index contributed by atoms with van der Waals surface area (Å²) in [5.74, 6) is 0.134. The number of hydrogen-bond donors (Lipinski definition) is 2. The summed E-state index contributed by atoms with van der Waals surface area (Å²) in [6.07, 6.45) is 1.63. The number of nitrogens with one attached hydrogen (secondary N) is 1. The third kappa shape index (κ3) is 4.08. The smallest absolute Gasteiger partial charge is 0.243 e. The molecule has 1 fully saturated rings. The Hall–Kier alpha value is -0.810. The molecule has 0 aromatic rings. The number of rotatable bonds is 4. The standard InChI is InChI=1S/C13H25N3O2.ClH/c1-9(2)13(4,8-14)15-12(18)11-6-5-7-16(11)10(3)17;/h9,11H,5-8,14H2,1-4H3,(H,15,18);1H. The minimum absolute atomic E-state index is 0. The third-order valence-electron chi connectivity index (χ3n) is 4.07. The van der Waals surface area contributed by atoms with E-state index in [1.54, 1.807) is 4.90 Å². The van der Waals surface area contributed by atoms with Crippen molar-refractivity contribution in [2.75, 3.05) is 13.1 Å². The molecule has 112 valence electrons. The summed E-state index contributed by atoms with van der Waals surface area (Å²) in [6.45, 7) is 8.59. The summed E-state index contributed by atoms with van der Waals surface area (Å²) < 4.78 is 0. The van der Waals surface area contributed by atoms with Crippen LogP contribution in [0, 0.1) is 5.92 Å². The Kier molecular flexibility index (Phi) is 6.80. The molecule has 19 heavy (non-hydrogen) atoms. The van der Waals surface area contributed by atoms with Crippen LogP contribution < -0.4 is 11.1 Å². The van der Waals surface area contributed by atoms with Gasteiger partial charge in [-0.2, -0.15) is 0 Å². The van der Waals surface area contributed by atoms with Gasteiger partial charge in [-0.25, -0.2) is 0 Å². The van der Waals surface area contributed by atoms with Gasteiger partial charge >= 0.3 is 0 Å². The normalized spacial score (nSPS) is 21.8. The van der Waals surface area contributed by atoms with Crippen LogP contribution in [0.25, 0.3) is 0 Å². The monoisotopic (exact) mass is 291 g/mol. The molecule has 5 nitrogen and oxygen atoms in total. The number of nitrogens with zero attached hydrogens (tertiary/aromatic N) is 1. The molecule has 0 radical (unpaired) electrons. The van der Waals surface area contributed by atoms with Crippen LogP contribution in [0.3, 0.4) is 0 Å². The largest absolute Gasteiger partial charge is 0.348 e. The minimum Gasteiger partial charge on any atom is -0.348 e. The third-order valence-corrected chi connectivity index (χ3v) is 4.07. The summed E-state index contributed by atoms with van der Waals surface area (Å²) in [6, 6.07) is -0.327. The van der Waals surface area contributed by atoms with Crippen molar-refractivity contribution in [3.63, 3.8) is 0 Å². The lowest BCUT2D eigenvalue weighted by atomic mass is 9.88. The van der Waals surface area contributed by atoms with Crippen LogP contribution in [-0.4, -0.2) is 41.4 Å². The molecule has 3 N–H and O–H groups in total. The molecular weight excluding hydrogens is 266 g/mol. The number of amides is 2. The van der Waals surface area contributed by atoms with Gasteiger partial charge in [-0.05, 0) is 25.7 Å². The van der Waals surface area contributed by atoms with Gasteiger partial charge < -0.3 is 16.0 Å². The molecule has 1 saturated heterocycles. The van der Waals surface area contributed by atoms with Crippen molar-refractivity contribution in [1.29, 1.82) is 0 Å². The first kappa shape index (κ1) is 18.2. The molecule has 1 heterocycles. The number of halogens is 1. The van der Waals surface area contributed by atoms with Crippen LogP contribution >= 0.6 is 12.4 Å². The Morgan fingerprint density at radius 3 is 2.47 bits per heavy atom. The number of carbonyl (C=O) groups excluding carboxylic acids is 2. The van der Waals surface area contributed by atoms with Crippen molar-refractivity contribution in [3.05, 3.63) is 0 Å². The molecular formula is C13H26ClN3O2. The maximum absolute atomic E-state index is 12.3. The highest BCUT2D eigenvalue weighted by atomic mass is 35.5. The van der Waals surface area contributed by atoms with E-state index in [0.29, 0.717) is 13.1 Å². The van der Waals surface area contributed by atoms with Gasteiger partial charge in [-0.3, -0.25) is 9.59 Å². The Morgan fingerprint density at radius 1 is 1.47 bits per heavy atom. The van der Waals surface area contributed by atoms with Crippen LogP contribution in [0.1, 0.15) is 40.5 Å². The predicted octanol–water partition coefficient (Wildman–Crippen LogP) is 0.909. The van der Waals surface area contributed by atoms with Gasteiger partial charge in [0.05, 0.1) is 5.54 Å². The predicted molar refractivity (Wildman–Crippen MR) is 78.1 cm³/mol. The zero-order valence-corrected chi connectivity index (χ0v) is 13.0. The zero-order valence-electron chi connectivity index (χ0n) is 12.2. The topological polar surface area (TPSA) is 75.4 Å². The van der Waals surface area contributed by atoms with E-state index in [2.05, 4.69) is 5.32 Å². The van der Waals surface area contributed by atoms with Gasteiger partial charge in [-0.15, -0.1) is 12.4 Å². The molecule has 2 amide bonds. The lowest BCUT2D eigenvalue weighted by molar-refractivity contribution is -0.137. The number of carbonyl (C=O) groups is 2. The van der Waals surface area contributed by atoms with Crippen molar-refractivity contribution in [2.45, 2.75) is 52.1 Å². The first-order valence-electron chi connectivity index (χ1n) is 6.61. The van der Waals surface area contributed by atoms with Gasteiger partial charge in [0.2, 0.25) is 11.8 Å². The second-order valence-corrected chi connectivity index (χ2v) is 5.64. The summed E-state index contributed by atoms with van der Waals surface area (Å²) in [7, 11) is 0. The molecule has 0 bridgehead atoms.